The number of para-hydroxylation sites is 1. The summed E-state index contributed by atoms with van der Waals surface area (Å²) in [4.78, 5) is 31.6. The van der Waals surface area contributed by atoms with E-state index < -0.39 is 11.7 Å². The third kappa shape index (κ3) is 6.72. The highest BCUT2D eigenvalue weighted by molar-refractivity contribution is 7.99. The smallest absolute Gasteiger partial charge is 0.368 e. The van der Waals surface area contributed by atoms with E-state index in [9.17, 15) is 22.8 Å². The van der Waals surface area contributed by atoms with Gasteiger partial charge in [-0.3, -0.25) is 9.59 Å². The number of likely N-dealkylation sites (tertiary alicyclic amines) is 1. The predicted octanol–water partition coefficient (Wildman–Crippen LogP) is 4.84. The second kappa shape index (κ2) is 11.8. The molecule has 210 valence electrons. The fourth-order valence-electron chi connectivity index (χ4n) is 5.47. The first-order valence-corrected chi connectivity index (χ1v) is 14.5. The zero-order valence-electron chi connectivity index (χ0n) is 22.2. The summed E-state index contributed by atoms with van der Waals surface area (Å²) in [5.74, 6) is -0.478. The molecule has 3 aliphatic rings. The number of rotatable bonds is 9. The number of hydrogen-bond acceptors (Lipinski definition) is 5. The van der Waals surface area contributed by atoms with Gasteiger partial charge in [-0.25, -0.2) is 0 Å². The monoisotopic (exact) mass is 560 g/mol. The highest BCUT2D eigenvalue weighted by Gasteiger charge is 2.45. The first-order valence-electron chi connectivity index (χ1n) is 13.7. The third-order valence-corrected chi connectivity index (χ3v) is 9.01. The van der Waals surface area contributed by atoms with Gasteiger partial charge in [0.1, 0.15) is 0 Å². The van der Waals surface area contributed by atoms with Crippen molar-refractivity contribution in [1.82, 2.24) is 15.1 Å². The maximum absolute atomic E-state index is 14.2. The van der Waals surface area contributed by atoms with E-state index in [2.05, 4.69) is 22.2 Å². The van der Waals surface area contributed by atoms with Crippen LogP contribution in [0.15, 0.2) is 52.3 Å². The molecule has 0 aromatic heterocycles. The molecule has 3 fully saturated rings. The van der Waals surface area contributed by atoms with E-state index in [0.717, 1.165) is 61.5 Å². The van der Waals surface area contributed by atoms with Crippen molar-refractivity contribution in [3.05, 3.63) is 53.6 Å². The molecule has 0 radical (unpaired) electrons. The molecule has 2 amide bonds. The van der Waals surface area contributed by atoms with Crippen molar-refractivity contribution in [3.8, 4) is 0 Å². The van der Waals surface area contributed by atoms with Gasteiger partial charge in [0.05, 0.1) is 11.3 Å². The Labute approximate surface area is 231 Å². The second-order valence-electron chi connectivity index (χ2n) is 10.7. The van der Waals surface area contributed by atoms with Crippen LogP contribution in [0, 0.1) is 5.92 Å². The molecule has 1 aliphatic carbocycles. The Morgan fingerprint density at radius 3 is 2.54 bits per heavy atom. The van der Waals surface area contributed by atoms with Crippen LogP contribution < -0.4 is 10.2 Å². The minimum atomic E-state index is -4.50. The number of anilines is 1. The number of likely N-dealkylation sites (N-methyl/N-ethyl adjacent to an activating group) is 1. The lowest BCUT2D eigenvalue weighted by Crippen LogP contribution is -2.44. The van der Waals surface area contributed by atoms with E-state index >= 15 is 0 Å². The summed E-state index contributed by atoms with van der Waals surface area (Å²) in [5, 5.41) is 2.90. The topological polar surface area (TPSA) is 55.9 Å². The van der Waals surface area contributed by atoms with Gasteiger partial charge in [-0.15, -0.1) is 0 Å². The standard InChI is InChI=1S/C29H35F3N4O2S/c1-34-14-16-35(17-15-34)24-6-2-3-7-26(24)39-25-10-9-20(18-23(25)29(30,31)32)21-19-22(21)28(38)33-11-5-13-36-12-4-8-27(36)37/h2-3,6-7,9-10,18,21-22H,4-5,8,11-17,19H2,1H3,(H,33,38). The molecule has 2 aromatic rings. The van der Waals surface area contributed by atoms with Crippen molar-refractivity contribution in [2.45, 2.75) is 47.6 Å². The molecule has 0 spiro atoms. The zero-order chi connectivity index (χ0) is 27.6. The molecule has 39 heavy (non-hydrogen) atoms. The highest BCUT2D eigenvalue weighted by atomic mass is 32.2. The van der Waals surface area contributed by atoms with Crippen molar-refractivity contribution in [1.29, 1.82) is 0 Å². The van der Waals surface area contributed by atoms with Gasteiger partial charge in [-0.05, 0) is 62.1 Å². The molecule has 5 rings (SSSR count). The van der Waals surface area contributed by atoms with Crippen LogP contribution in [0.25, 0.3) is 0 Å². The molecule has 2 atom stereocenters. The SMILES string of the molecule is CN1CCN(c2ccccc2Sc2ccc(C3CC3C(=O)NCCCN3CCCC3=O)cc2C(F)(F)F)CC1. The fourth-order valence-corrected chi connectivity index (χ4v) is 6.57. The van der Waals surface area contributed by atoms with E-state index in [0.29, 0.717) is 37.9 Å². The molecule has 0 bridgehead atoms. The van der Waals surface area contributed by atoms with Gasteiger partial charge in [0.15, 0.2) is 0 Å². The van der Waals surface area contributed by atoms with E-state index in [1.807, 2.05) is 29.2 Å². The van der Waals surface area contributed by atoms with Crippen molar-refractivity contribution in [2.24, 2.45) is 5.92 Å². The summed E-state index contributed by atoms with van der Waals surface area (Å²) < 4.78 is 42.6. The number of amides is 2. The number of halogens is 3. The maximum atomic E-state index is 14.2. The molecule has 1 N–H and O–H groups in total. The zero-order valence-corrected chi connectivity index (χ0v) is 23.0. The minimum absolute atomic E-state index is 0.124. The van der Waals surface area contributed by atoms with Crippen LogP contribution in [-0.2, 0) is 15.8 Å². The fraction of sp³-hybridized carbons (Fsp3) is 0.517. The van der Waals surface area contributed by atoms with E-state index in [-0.39, 0.29) is 28.5 Å². The third-order valence-electron chi connectivity index (χ3n) is 7.87. The van der Waals surface area contributed by atoms with Gasteiger partial charge in [0.2, 0.25) is 11.8 Å². The minimum Gasteiger partial charge on any atom is -0.368 e. The van der Waals surface area contributed by atoms with Crippen LogP contribution >= 0.6 is 11.8 Å². The molecule has 2 unspecified atom stereocenters. The molecule has 2 aromatic carbocycles. The highest BCUT2D eigenvalue weighted by Crippen LogP contribution is 2.50. The number of nitrogens with one attached hydrogen (secondary N) is 1. The van der Waals surface area contributed by atoms with Crippen LogP contribution in [0.2, 0.25) is 0 Å². The summed E-state index contributed by atoms with van der Waals surface area (Å²) >= 11 is 1.15. The lowest BCUT2D eigenvalue weighted by Gasteiger charge is -2.35. The van der Waals surface area contributed by atoms with Crippen LogP contribution in [0.1, 0.15) is 42.7 Å². The van der Waals surface area contributed by atoms with Crippen LogP contribution in [0.4, 0.5) is 18.9 Å². The second-order valence-corrected chi connectivity index (χ2v) is 11.8. The summed E-state index contributed by atoms with van der Waals surface area (Å²) in [5.41, 5.74) is 0.863. The predicted molar refractivity (Wildman–Crippen MR) is 146 cm³/mol. The van der Waals surface area contributed by atoms with Gasteiger partial charge in [0.25, 0.3) is 0 Å². The van der Waals surface area contributed by atoms with Gasteiger partial charge in [-0.1, -0.05) is 30.0 Å². The van der Waals surface area contributed by atoms with E-state index in [1.165, 1.54) is 6.07 Å². The molecule has 10 heteroatoms. The molecule has 2 heterocycles. The van der Waals surface area contributed by atoms with Crippen molar-refractivity contribution in [3.63, 3.8) is 0 Å². The summed E-state index contributed by atoms with van der Waals surface area (Å²) in [6.07, 6.45) is -1.80. The quantitative estimate of drug-likeness (QED) is 0.445. The Hall–Kier alpha value is -2.72. The molecule has 2 saturated heterocycles. The number of carbonyl (C=O) groups is 2. The Bertz CT molecular complexity index is 1200. The Morgan fingerprint density at radius 1 is 1.05 bits per heavy atom. The van der Waals surface area contributed by atoms with Crippen LogP contribution in [-0.4, -0.2) is 74.5 Å². The van der Waals surface area contributed by atoms with Gasteiger partial charge < -0.3 is 20.0 Å². The van der Waals surface area contributed by atoms with E-state index in [4.69, 9.17) is 0 Å². The molecular formula is C29H35F3N4O2S. The maximum Gasteiger partial charge on any atom is 0.417 e. The molecule has 6 nitrogen and oxygen atoms in total. The van der Waals surface area contributed by atoms with Crippen molar-refractivity contribution >= 4 is 29.3 Å². The number of nitrogens with zero attached hydrogens (tertiary/aromatic N) is 3. The number of benzene rings is 2. The lowest BCUT2D eigenvalue weighted by molar-refractivity contribution is -0.139. The van der Waals surface area contributed by atoms with Gasteiger partial charge in [-0.2, -0.15) is 13.2 Å². The Kier molecular flexibility index (Phi) is 8.42. The first kappa shape index (κ1) is 27.8. The van der Waals surface area contributed by atoms with Crippen molar-refractivity contribution < 1.29 is 22.8 Å². The average Bonchev–Trinajstić information content (AvgIpc) is 3.61. The summed E-state index contributed by atoms with van der Waals surface area (Å²) in [6.45, 7) is 5.35. The molecule has 2 aliphatic heterocycles. The Balaban J connectivity index is 1.23. The van der Waals surface area contributed by atoms with Crippen molar-refractivity contribution in [2.75, 3.05) is 57.8 Å². The Morgan fingerprint density at radius 2 is 1.82 bits per heavy atom. The van der Waals surface area contributed by atoms with E-state index in [1.54, 1.807) is 12.1 Å². The number of hydrogen-bond donors (Lipinski definition) is 1. The van der Waals surface area contributed by atoms with Gasteiger partial charge in [0, 0.05) is 67.9 Å². The normalized spacial score (nSPS) is 21.9. The van der Waals surface area contributed by atoms with Crippen LogP contribution in [0.3, 0.4) is 0 Å². The number of piperazine rings is 1. The summed E-state index contributed by atoms with van der Waals surface area (Å²) in [6, 6.07) is 12.2. The summed E-state index contributed by atoms with van der Waals surface area (Å²) in [7, 11) is 2.07. The largest absolute Gasteiger partial charge is 0.417 e. The average molecular weight is 561 g/mol. The number of alkyl halides is 3. The van der Waals surface area contributed by atoms with Gasteiger partial charge >= 0.3 is 6.18 Å². The van der Waals surface area contributed by atoms with Crippen LogP contribution in [0.5, 0.6) is 0 Å². The molecule has 1 saturated carbocycles. The molecular weight excluding hydrogens is 525 g/mol. The number of carbonyl (C=O) groups excluding carboxylic acids is 2. The first-order chi connectivity index (χ1) is 18.7. The lowest BCUT2D eigenvalue weighted by atomic mass is 10.0.